The summed E-state index contributed by atoms with van der Waals surface area (Å²) in [5, 5.41) is 38.9. The second kappa shape index (κ2) is 55.1. The Hall–Kier alpha value is -10.6. The summed E-state index contributed by atoms with van der Waals surface area (Å²) in [6.45, 7) is 16.2. The summed E-state index contributed by atoms with van der Waals surface area (Å²) >= 11 is 1.14. The average Bonchev–Trinajstić information content (AvgIpc) is 1.59. The van der Waals surface area contributed by atoms with Gasteiger partial charge in [0.15, 0.2) is 11.7 Å². The van der Waals surface area contributed by atoms with E-state index in [0.717, 1.165) is 56.1 Å². The highest BCUT2D eigenvalue weighted by Crippen LogP contribution is 2.48. The van der Waals surface area contributed by atoms with Crippen LogP contribution in [-0.4, -0.2) is 288 Å². The molecule has 2 bridgehead atoms. The van der Waals surface area contributed by atoms with Crippen molar-refractivity contribution in [2.45, 2.75) is 182 Å². The maximum absolute atomic E-state index is 14.6. The van der Waals surface area contributed by atoms with E-state index in [1.54, 1.807) is 49.4 Å². The van der Waals surface area contributed by atoms with Gasteiger partial charge in [0.25, 0.3) is 10.1 Å². The maximum atomic E-state index is 14.6. The molecule has 4 aliphatic rings. The topological polar surface area (TPSA) is 620 Å². The largest absolute Gasteiger partial charge is 0.744 e. The third kappa shape index (κ3) is 37.9. The van der Waals surface area contributed by atoms with Crippen molar-refractivity contribution in [2.75, 3.05) is 127 Å². The van der Waals surface area contributed by atoms with Gasteiger partial charge < -0.3 is 109 Å². The Labute approximate surface area is 774 Å². The fourth-order valence-electron chi connectivity index (χ4n) is 14.1. The molecule has 0 aliphatic carbocycles. The Morgan fingerprint density at radius 3 is 1.84 bits per heavy atom. The van der Waals surface area contributed by atoms with E-state index < -0.39 is 145 Å². The lowest BCUT2D eigenvalue weighted by Gasteiger charge is -2.26. The maximum Gasteiger partial charge on any atom is 0.305 e. The Morgan fingerprint density at radius 1 is 0.618 bits per heavy atom. The highest BCUT2D eigenvalue weighted by molar-refractivity contribution is 8.76. The van der Waals surface area contributed by atoms with Crippen molar-refractivity contribution >= 4 is 153 Å². The van der Waals surface area contributed by atoms with Crippen LogP contribution in [0.2, 0.25) is 0 Å². The number of hydrogen-bond donors (Lipinski definition) is 16. The smallest absolute Gasteiger partial charge is 0.305 e. The molecule has 2 fully saturated rings. The number of benzene rings is 3. The summed E-state index contributed by atoms with van der Waals surface area (Å²) in [7, 11) is -7.30. The first kappa shape index (κ1) is 109. The number of carboxylic acid groups (broad SMARTS) is 1. The van der Waals surface area contributed by atoms with Crippen molar-refractivity contribution in [3.05, 3.63) is 119 Å². The SMILES string of the molecule is CC(=O)NCCOCCOCCOCCNC(=O)COCC(N)=O.CCN1C(=CC=CC=CC2=[N+](CCCCCC(=O)NCCCC[C@@H]3NC(=O)CSC[C@@H](C)NC(=O)[C@H](Cc4ccccc4)NC(=O)[C@@H]4CSSC[C@H](NC3=O)C(=O)N[C@@H](CCCN=C(N)N)C(=O)NCC(=O)N[C@@H](CC(=O)O)C(=O)N4)c3ccc(S(=O)(=O)O)cc3C2(C)C)C(C)(C)c2cc(S(=O)(=O)[O-])ccc21. The highest BCUT2D eigenvalue weighted by atomic mass is 33.1. The number of nitrogens with one attached hydrogen (secondary N) is 11. The van der Waals surface area contributed by atoms with Crippen LogP contribution >= 0.6 is 33.3 Å². The minimum atomic E-state index is -4.68. The van der Waals surface area contributed by atoms with Crippen molar-refractivity contribution in [3.8, 4) is 0 Å². The molecule has 7 atom stereocenters. The van der Waals surface area contributed by atoms with E-state index in [1.165, 1.54) is 31.2 Å². The summed E-state index contributed by atoms with van der Waals surface area (Å²) < 4.78 is 93.2. The number of hydrogen-bond acceptors (Lipinski definition) is 27. The van der Waals surface area contributed by atoms with Gasteiger partial charge in [-0.05, 0) is 120 Å². The van der Waals surface area contributed by atoms with Gasteiger partial charge in [-0.1, -0.05) is 84.0 Å². The fourth-order valence-corrected chi connectivity index (χ4v) is 18.3. The number of aliphatic imine (C=N–C) groups is 1. The summed E-state index contributed by atoms with van der Waals surface area (Å²) in [5.41, 5.74) is 19.9. The molecule has 722 valence electrons. The number of nitrogens with zero attached hydrogens (tertiary/aromatic N) is 3. The monoisotopic (exact) mass is 1930 g/mol. The van der Waals surface area contributed by atoms with E-state index in [-0.39, 0.29) is 121 Å². The van der Waals surface area contributed by atoms with Crippen LogP contribution in [0.3, 0.4) is 0 Å². The first-order valence-electron chi connectivity index (χ1n) is 42.7. The zero-order valence-electron chi connectivity index (χ0n) is 74.5. The van der Waals surface area contributed by atoms with Crippen LogP contribution in [0.25, 0.3) is 0 Å². The standard InChI is InChI=1S/C71H96N14O17S5.C14H27N3O7/c1-7-84-55-29-27-45(106(97,98)99)35-47(55)70(3,4)57(84)24-13-9-14-25-58-71(5,6)48-36-46(107(100,101)102)28-30-56(48)85(58)33-18-10-15-26-59(86)74-31-17-16-22-50-64(92)82-53-40-104-105-41-54(68(96)81-51(34-44-20-11-8-12-21-44)65(93)77-43(2)39-103-42-61(88)78-50)83-66(94)52(37-62(89)90)79-60(87)38-76-63(91)49(80-67(53)95)23-19-32-75-69(72)73;1-12(18)16-2-4-21-6-8-23-9-7-22-5-3-17-14(20)11-24-10-13(15)19/h8-9,11-14,20-21,24-25,27-30,35-36,43,49-54H,7,10,15-19,22-23,26,31-34,37-42H2,1-6H3,(H15-,72,73,74,75,76,77,78,79,80,81,82,83,86,87,88,89,90,91,92,93,94,95,96,97,98,99,100,101,102);2-11H2,1H3,(H2,15,19)(H,16,18)(H,17,20)/t43-,49+,50+,51+,52+,53+,54+;/m1./s1. The minimum Gasteiger partial charge on any atom is -0.744 e. The number of aliphatic carboxylic acids is 1. The molecule has 12 amide bonds. The minimum absolute atomic E-state index is 0.00856. The molecule has 2 saturated heterocycles. The molecule has 0 aromatic heterocycles. The lowest BCUT2D eigenvalue weighted by molar-refractivity contribution is -0.438. The second-order valence-electron chi connectivity index (χ2n) is 31.8. The van der Waals surface area contributed by atoms with Gasteiger partial charge in [-0.2, -0.15) is 13.0 Å². The number of carbonyl (C=O) groups excluding carboxylic acids is 12. The summed E-state index contributed by atoms with van der Waals surface area (Å²) in [6, 6.07) is 8.44. The summed E-state index contributed by atoms with van der Waals surface area (Å²) in [4.78, 5) is 176. The first-order valence-corrected chi connectivity index (χ1v) is 49.2. The predicted octanol–water partition coefficient (Wildman–Crippen LogP) is 0.107. The van der Waals surface area contributed by atoms with E-state index >= 15 is 0 Å². The molecule has 131 heavy (non-hydrogen) atoms. The number of rotatable bonds is 41. The van der Waals surface area contributed by atoms with Crippen LogP contribution in [0.4, 0.5) is 11.4 Å². The number of allylic oxidation sites excluding steroid dienone is 6. The van der Waals surface area contributed by atoms with Gasteiger partial charge in [0.1, 0.15) is 66.1 Å². The fraction of sp³-hybridized carbons (Fsp3) is 0.541. The number of primary amides is 1. The predicted molar refractivity (Wildman–Crippen MR) is 492 cm³/mol. The quantitative estimate of drug-likeness (QED) is 0.00682. The number of carboxylic acids is 1. The number of carbonyl (C=O) groups is 13. The Morgan fingerprint density at radius 2 is 1.21 bits per heavy atom. The van der Waals surface area contributed by atoms with Gasteiger partial charge in [-0.25, -0.2) is 8.42 Å². The molecule has 0 spiro atoms. The molecule has 3 aromatic rings. The number of guanidine groups is 1. The van der Waals surface area contributed by atoms with Crippen molar-refractivity contribution < 1.29 is 117 Å². The van der Waals surface area contributed by atoms with Crippen molar-refractivity contribution in [1.29, 1.82) is 0 Å². The number of likely N-dealkylation sites (N-methyl/N-ethyl adjacent to an activating group) is 1. The van der Waals surface area contributed by atoms with Gasteiger partial charge in [-0.15, -0.1) is 11.8 Å². The molecule has 0 saturated carbocycles. The Balaban J connectivity index is 0.000000957. The molecule has 3 aromatic carbocycles. The number of amides is 12. The van der Waals surface area contributed by atoms with E-state index in [1.807, 2.05) is 65.0 Å². The molecule has 46 heteroatoms. The van der Waals surface area contributed by atoms with Crippen LogP contribution in [-0.2, 0) is 119 Å². The molecule has 41 nitrogen and oxygen atoms in total. The number of unbranched alkanes of at least 4 members (excludes halogenated alkanes) is 3. The summed E-state index contributed by atoms with van der Waals surface area (Å²) in [6.07, 6.45) is 11.1. The van der Waals surface area contributed by atoms with Gasteiger partial charge in [0.2, 0.25) is 76.6 Å². The first-order chi connectivity index (χ1) is 62.1. The van der Waals surface area contributed by atoms with Crippen LogP contribution in [0.5, 0.6) is 0 Å². The third-order valence-electron chi connectivity index (χ3n) is 20.7. The van der Waals surface area contributed by atoms with Gasteiger partial charge >= 0.3 is 5.97 Å². The lowest BCUT2D eigenvalue weighted by atomic mass is 9.81. The van der Waals surface area contributed by atoms with Crippen LogP contribution in [0, 0.1) is 0 Å². The second-order valence-corrected chi connectivity index (χ2v) is 38.2. The average molecular weight is 1930 g/mol. The Bertz CT molecular complexity index is 4860. The normalized spacial score (nSPS) is 20.5. The number of anilines is 1. The van der Waals surface area contributed by atoms with E-state index in [4.69, 9.17) is 36.1 Å². The number of nitrogens with two attached hydrogens (primary N) is 3. The van der Waals surface area contributed by atoms with Crippen molar-refractivity contribution in [3.63, 3.8) is 0 Å². The molecule has 4 aliphatic heterocycles. The van der Waals surface area contributed by atoms with Crippen LogP contribution in [0.15, 0.2) is 118 Å². The molecule has 7 rings (SSSR count). The van der Waals surface area contributed by atoms with E-state index in [0.29, 0.717) is 108 Å². The number of fused-ring (bicyclic) bond motifs is 7. The molecule has 0 radical (unpaired) electrons. The number of ether oxygens (including phenoxy) is 4. The van der Waals surface area contributed by atoms with E-state index in [2.05, 4.69) is 73.0 Å². The molecule has 0 unspecified atom stereocenters. The Kier molecular flexibility index (Phi) is 45.9. The van der Waals surface area contributed by atoms with E-state index in [9.17, 15) is 93.4 Å². The molecular formula is C85H123N17O24S5. The van der Waals surface area contributed by atoms with Gasteiger partial charge in [0, 0.05) is 117 Å². The van der Waals surface area contributed by atoms with Crippen LogP contribution < -0.4 is 80.6 Å². The molecule has 19 N–H and O–H groups in total. The zero-order chi connectivity index (χ0) is 96.4. The zero-order valence-corrected chi connectivity index (χ0v) is 78.6. The van der Waals surface area contributed by atoms with Crippen molar-refractivity contribution in [2.24, 2.45) is 22.2 Å². The van der Waals surface area contributed by atoms with Crippen molar-refractivity contribution in [1.82, 2.24) is 58.5 Å². The molecule has 4 heterocycles. The highest BCUT2D eigenvalue weighted by Gasteiger charge is 2.46. The number of thioether (sulfide) groups is 1. The lowest BCUT2D eigenvalue weighted by Crippen LogP contribution is -2.59. The van der Waals surface area contributed by atoms with Crippen LogP contribution in [0.1, 0.15) is 129 Å². The summed E-state index contributed by atoms with van der Waals surface area (Å²) in [5.74, 6) is -10.2. The van der Waals surface area contributed by atoms with Gasteiger partial charge in [0.05, 0.1) is 73.6 Å². The third-order valence-corrected chi connectivity index (χ3v) is 26.0. The van der Waals surface area contributed by atoms with Gasteiger partial charge in [-0.3, -0.25) is 71.9 Å². The molecular weight excluding hydrogens is 1800 g/mol.